The maximum Gasteiger partial charge on any atom is 0.318 e. The van der Waals surface area contributed by atoms with E-state index in [0.29, 0.717) is 6.01 Å². The molecule has 0 atom stereocenters. The normalized spacial score (nSPS) is 10.0. The Kier molecular flexibility index (Phi) is 3.68. The van der Waals surface area contributed by atoms with Gasteiger partial charge < -0.3 is 9.64 Å². The summed E-state index contributed by atoms with van der Waals surface area (Å²) in [5.74, 6) is 0.930. The molecule has 78 valence electrons. The van der Waals surface area contributed by atoms with Crippen molar-refractivity contribution in [1.29, 1.82) is 0 Å². The van der Waals surface area contributed by atoms with E-state index >= 15 is 0 Å². The van der Waals surface area contributed by atoms with Crippen LogP contribution < -0.4 is 9.64 Å². The number of methoxy groups -OCH3 is 1. The second-order valence-corrected chi connectivity index (χ2v) is 3.03. The van der Waals surface area contributed by atoms with Gasteiger partial charge in [-0.15, -0.1) is 0 Å². The molecule has 0 aliphatic heterocycles. The number of rotatable bonds is 4. The molecular formula is C10H17N3O. The van der Waals surface area contributed by atoms with E-state index in [4.69, 9.17) is 4.74 Å². The van der Waals surface area contributed by atoms with Crippen LogP contribution in [-0.4, -0.2) is 30.2 Å². The molecule has 1 heterocycles. The van der Waals surface area contributed by atoms with E-state index in [1.165, 1.54) is 0 Å². The summed E-state index contributed by atoms with van der Waals surface area (Å²) in [6.45, 7) is 8.03. The lowest BCUT2D eigenvalue weighted by molar-refractivity contribution is 0.378. The van der Waals surface area contributed by atoms with Crippen LogP contribution in [0, 0.1) is 6.92 Å². The average molecular weight is 195 g/mol. The van der Waals surface area contributed by atoms with E-state index in [1.807, 2.05) is 13.0 Å². The Balaban J connectivity index is 3.01. The Hall–Kier alpha value is -1.32. The molecule has 0 spiro atoms. The molecule has 0 aliphatic rings. The molecule has 4 nitrogen and oxygen atoms in total. The van der Waals surface area contributed by atoms with Gasteiger partial charge in [0.05, 0.1) is 7.11 Å². The Morgan fingerprint density at radius 1 is 1.29 bits per heavy atom. The van der Waals surface area contributed by atoms with Crippen LogP contribution in [0.3, 0.4) is 0 Å². The molecule has 0 radical (unpaired) electrons. The minimum absolute atomic E-state index is 0.437. The van der Waals surface area contributed by atoms with Crippen LogP contribution in [0.25, 0.3) is 0 Å². The average Bonchev–Trinajstić information content (AvgIpc) is 2.19. The zero-order chi connectivity index (χ0) is 10.6. The Labute approximate surface area is 84.9 Å². The Bertz CT molecular complexity index is 297. The number of aryl methyl sites for hydroxylation is 1. The monoisotopic (exact) mass is 195 g/mol. The van der Waals surface area contributed by atoms with Crippen LogP contribution in [-0.2, 0) is 0 Å². The van der Waals surface area contributed by atoms with Gasteiger partial charge in [0.15, 0.2) is 0 Å². The largest absolute Gasteiger partial charge is 0.467 e. The van der Waals surface area contributed by atoms with E-state index in [9.17, 15) is 0 Å². The van der Waals surface area contributed by atoms with Crippen LogP contribution in [0.2, 0.25) is 0 Å². The van der Waals surface area contributed by atoms with Crippen molar-refractivity contribution in [2.45, 2.75) is 20.8 Å². The fourth-order valence-corrected chi connectivity index (χ4v) is 1.33. The molecule has 14 heavy (non-hydrogen) atoms. The predicted octanol–water partition coefficient (Wildman–Crippen LogP) is 1.64. The summed E-state index contributed by atoms with van der Waals surface area (Å²) in [6, 6.07) is 2.40. The Morgan fingerprint density at radius 3 is 2.43 bits per heavy atom. The van der Waals surface area contributed by atoms with E-state index in [1.54, 1.807) is 7.11 Å². The molecule has 0 unspecified atom stereocenters. The van der Waals surface area contributed by atoms with E-state index in [2.05, 4.69) is 28.7 Å². The summed E-state index contributed by atoms with van der Waals surface area (Å²) in [5.41, 5.74) is 0.929. The fraction of sp³-hybridized carbons (Fsp3) is 0.600. The van der Waals surface area contributed by atoms with E-state index in [-0.39, 0.29) is 0 Å². The molecule has 0 amide bonds. The van der Waals surface area contributed by atoms with Crippen molar-refractivity contribution in [3.05, 3.63) is 11.8 Å². The third-order valence-electron chi connectivity index (χ3n) is 2.09. The molecule has 0 aromatic carbocycles. The molecule has 0 saturated carbocycles. The highest BCUT2D eigenvalue weighted by Gasteiger charge is 2.06. The summed E-state index contributed by atoms with van der Waals surface area (Å²) in [5, 5.41) is 0. The molecule has 1 rings (SSSR count). The first kappa shape index (κ1) is 10.8. The van der Waals surface area contributed by atoms with Gasteiger partial charge in [-0.3, -0.25) is 0 Å². The molecule has 0 bridgehead atoms. The maximum absolute atomic E-state index is 5.03. The summed E-state index contributed by atoms with van der Waals surface area (Å²) in [4.78, 5) is 10.6. The van der Waals surface area contributed by atoms with Crippen molar-refractivity contribution in [2.75, 3.05) is 25.1 Å². The van der Waals surface area contributed by atoms with E-state index < -0.39 is 0 Å². The van der Waals surface area contributed by atoms with Gasteiger partial charge in [0.25, 0.3) is 0 Å². The molecule has 1 aromatic heterocycles. The second-order valence-electron chi connectivity index (χ2n) is 3.03. The third kappa shape index (κ3) is 2.34. The lowest BCUT2D eigenvalue weighted by Gasteiger charge is -2.20. The minimum atomic E-state index is 0.437. The number of nitrogens with zero attached hydrogens (tertiary/aromatic N) is 3. The summed E-state index contributed by atoms with van der Waals surface area (Å²) in [6.07, 6.45) is 0. The number of ether oxygens (including phenoxy) is 1. The fourth-order valence-electron chi connectivity index (χ4n) is 1.33. The van der Waals surface area contributed by atoms with Gasteiger partial charge >= 0.3 is 6.01 Å². The van der Waals surface area contributed by atoms with Crippen molar-refractivity contribution in [2.24, 2.45) is 0 Å². The quantitative estimate of drug-likeness (QED) is 0.732. The Morgan fingerprint density at radius 2 is 1.93 bits per heavy atom. The lowest BCUT2D eigenvalue weighted by atomic mass is 10.4. The first-order valence-electron chi connectivity index (χ1n) is 4.85. The molecule has 4 heteroatoms. The lowest BCUT2D eigenvalue weighted by Crippen LogP contribution is -2.23. The SMILES string of the molecule is CCN(CC)c1cc(C)nc(OC)n1. The second kappa shape index (κ2) is 4.79. The van der Waals surface area contributed by atoms with Crippen molar-refractivity contribution in [3.63, 3.8) is 0 Å². The van der Waals surface area contributed by atoms with Gasteiger partial charge in [-0.05, 0) is 20.8 Å². The standard InChI is InChI=1S/C10H17N3O/c1-5-13(6-2)9-7-8(3)11-10(12-9)14-4/h7H,5-6H2,1-4H3. The number of hydrogen-bond donors (Lipinski definition) is 0. The highest BCUT2D eigenvalue weighted by atomic mass is 16.5. The van der Waals surface area contributed by atoms with Crippen LogP contribution in [0.5, 0.6) is 6.01 Å². The topological polar surface area (TPSA) is 38.2 Å². The molecule has 0 aliphatic carbocycles. The first-order chi connectivity index (χ1) is 6.71. The highest BCUT2D eigenvalue weighted by molar-refractivity contribution is 5.40. The van der Waals surface area contributed by atoms with Crippen molar-refractivity contribution < 1.29 is 4.74 Å². The van der Waals surface area contributed by atoms with Gasteiger partial charge in [0, 0.05) is 24.8 Å². The maximum atomic E-state index is 5.03. The van der Waals surface area contributed by atoms with E-state index in [0.717, 1.165) is 24.6 Å². The van der Waals surface area contributed by atoms with Crippen molar-refractivity contribution in [3.8, 4) is 6.01 Å². The van der Waals surface area contributed by atoms with Gasteiger partial charge in [-0.1, -0.05) is 0 Å². The first-order valence-corrected chi connectivity index (χ1v) is 4.85. The predicted molar refractivity (Wildman–Crippen MR) is 56.9 cm³/mol. The third-order valence-corrected chi connectivity index (χ3v) is 2.09. The minimum Gasteiger partial charge on any atom is -0.467 e. The number of anilines is 1. The van der Waals surface area contributed by atoms with Gasteiger partial charge in [-0.2, -0.15) is 4.98 Å². The van der Waals surface area contributed by atoms with Crippen LogP contribution in [0.4, 0.5) is 5.82 Å². The van der Waals surface area contributed by atoms with Crippen LogP contribution in [0.15, 0.2) is 6.07 Å². The van der Waals surface area contributed by atoms with Gasteiger partial charge in [0.1, 0.15) is 5.82 Å². The van der Waals surface area contributed by atoms with Gasteiger partial charge in [-0.25, -0.2) is 4.98 Å². The number of aromatic nitrogens is 2. The van der Waals surface area contributed by atoms with Crippen molar-refractivity contribution >= 4 is 5.82 Å². The number of hydrogen-bond acceptors (Lipinski definition) is 4. The molecule has 0 saturated heterocycles. The van der Waals surface area contributed by atoms with Crippen molar-refractivity contribution in [1.82, 2.24) is 9.97 Å². The molecule has 0 N–H and O–H groups in total. The zero-order valence-corrected chi connectivity index (χ0v) is 9.24. The molecule has 0 fully saturated rings. The summed E-state index contributed by atoms with van der Waals surface area (Å²) < 4.78 is 5.03. The molecule has 1 aromatic rings. The highest BCUT2D eigenvalue weighted by Crippen LogP contribution is 2.15. The molecular weight excluding hydrogens is 178 g/mol. The van der Waals surface area contributed by atoms with Gasteiger partial charge in [0.2, 0.25) is 0 Å². The smallest absolute Gasteiger partial charge is 0.318 e. The summed E-state index contributed by atoms with van der Waals surface area (Å²) in [7, 11) is 1.58. The summed E-state index contributed by atoms with van der Waals surface area (Å²) >= 11 is 0. The van der Waals surface area contributed by atoms with Crippen LogP contribution in [0.1, 0.15) is 19.5 Å². The zero-order valence-electron chi connectivity index (χ0n) is 9.24. The van der Waals surface area contributed by atoms with Crippen LogP contribution >= 0.6 is 0 Å².